The molecule has 0 bridgehead atoms. The summed E-state index contributed by atoms with van der Waals surface area (Å²) in [7, 11) is 0. The molecule has 1 rings (SSSR count). The first-order valence-electron chi connectivity index (χ1n) is 3.94. The summed E-state index contributed by atoms with van der Waals surface area (Å²) >= 11 is 4.88. The van der Waals surface area contributed by atoms with Gasteiger partial charge in [-0.1, -0.05) is 12.6 Å². The van der Waals surface area contributed by atoms with Crippen molar-refractivity contribution in [2.24, 2.45) is 0 Å². The minimum atomic E-state index is 0.907. The molecule has 0 aromatic carbocycles. The second-order valence-corrected chi connectivity index (χ2v) is 3.06. The van der Waals surface area contributed by atoms with Crippen LogP contribution in [0.4, 0.5) is 0 Å². The summed E-state index contributed by atoms with van der Waals surface area (Å²) in [5.41, 5.74) is 0. The highest BCUT2D eigenvalue weighted by Gasteiger charge is 2.07. The molecule has 1 heterocycles. The molecule has 0 aliphatic carbocycles. The molecule has 0 aromatic heterocycles. The predicted molar refractivity (Wildman–Crippen MR) is 46.4 cm³/mol. The summed E-state index contributed by atoms with van der Waals surface area (Å²) in [6, 6.07) is 0. The van der Waals surface area contributed by atoms with E-state index < -0.39 is 0 Å². The summed E-state index contributed by atoms with van der Waals surface area (Å²) in [6.45, 7) is 5.91. The van der Waals surface area contributed by atoms with Gasteiger partial charge in [0.1, 0.15) is 0 Å². The summed E-state index contributed by atoms with van der Waals surface area (Å²) in [5, 5.41) is 3.32. The van der Waals surface area contributed by atoms with Crippen LogP contribution in [0, 0.1) is 0 Å². The van der Waals surface area contributed by atoms with E-state index in [1.54, 1.807) is 0 Å². The van der Waals surface area contributed by atoms with Crippen molar-refractivity contribution < 1.29 is 0 Å². The Bertz CT molecular complexity index is 81.7. The van der Waals surface area contributed by atoms with Crippen molar-refractivity contribution >= 4 is 12.6 Å². The molecule has 1 N–H and O–H groups in total. The first-order chi connectivity index (χ1) is 4.93. The smallest absolute Gasteiger partial charge is 0.0107 e. The van der Waals surface area contributed by atoms with Gasteiger partial charge in [-0.25, -0.2) is 0 Å². The molecule has 0 unspecified atom stereocenters. The topological polar surface area (TPSA) is 15.3 Å². The first-order valence-corrected chi connectivity index (χ1v) is 4.52. The molecule has 1 radical (unpaired) electrons. The number of hydrogen-bond donors (Lipinski definition) is 1. The van der Waals surface area contributed by atoms with E-state index in [0.717, 1.165) is 18.8 Å². The predicted octanol–water partition coefficient (Wildman–Crippen LogP) is 0.479. The fraction of sp³-hybridized carbons (Fsp3) is 1.00. The maximum Gasteiger partial charge on any atom is 0.0107 e. The van der Waals surface area contributed by atoms with Crippen molar-refractivity contribution in [3.63, 3.8) is 0 Å². The van der Waals surface area contributed by atoms with Gasteiger partial charge in [0.05, 0.1) is 0 Å². The van der Waals surface area contributed by atoms with E-state index >= 15 is 0 Å². The summed E-state index contributed by atoms with van der Waals surface area (Å²) in [4.78, 5) is 2.48. The second-order valence-electron chi connectivity index (χ2n) is 2.65. The number of rotatable bonds is 3. The number of nitrogens with zero attached hydrogens (tertiary/aromatic N) is 1. The monoisotopic (exact) mass is 159 g/mol. The quantitative estimate of drug-likeness (QED) is 0.644. The van der Waals surface area contributed by atoms with Crippen LogP contribution >= 0.6 is 12.6 Å². The van der Waals surface area contributed by atoms with Crippen LogP contribution in [0.3, 0.4) is 0 Å². The molecule has 0 spiro atoms. The van der Waals surface area contributed by atoms with E-state index in [1.807, 2.05) is 0 Å². The Balaban J connectivity index is 2.02. The zero-order valence-electron chi connectivity index (χ0n) is 6.31. The molecule has 1 aliphatic heterocycles. The molecule has 2 nitrogen and oxygen atoms in total. The lowest BCUT2D eigenvalue weighted by atomic mass is 10.3. The molecule has 1 fully saturated rings. The number of piperazine rings is 1. The Hall–Kier alpha value is 0.270. The Morgan fingerprint density at radius 3 is 2.60 bits per heavy atom. The highest BCUT2D eigenvalue weighted by molar-refractivity contribution is 7.80. The van der Waals surface area contributed by atoms with Gasteiger partial charge in [-0.2, -0.15) is 0 Å². The van der Waals surface area contributed by atoms with Gasteiger partial charge in [0, 0.05) is 31.9 Å². The molecular formula is C7H15N2S. The SMILES string of the molecule is [S]CCCN1CCNCC1. The zero-order valence-corrected chi connectivity index (χ0v) is 7.12. The lowest BCUT2D eigenvalue weighted by Crippen LogP contribution is -2.43. The summed E-state index contributed by atoms with van der Waals surface area (Å²) in [6.07, 6.45) is 1.18. The average molecular weight is 159 g/mol. The molecular weight excluding hydrogens is 144 g/mol. The van der Waals surface area contributed by atoms with Crippen LogP contribution in [0.5, 0.6) is 0 Å². The minimum Gasteiger partial charge on any atom is -0.314 e. The third-order valence-electron chi connectivity index (χ3n) is 1.83. The highest BCUT2D eigenvalue weighted by atomic mass is 32.1. The van der Waals surface area contributed by atoms with Gasteiger partial charge in [-0.15, -0.1) is 0 Å². The van der Waals surface area contributed by atoms with Crippen molar-refractivity contribution in [1.29, 1.82) is 0 Å². The summed E-state index contributed by atoms with van der Waals surface area (Å²) in [5.74, 6) is 0.907. The third-order valence-corrected chi connectivity index (χ3v) is 2.12. The molecule has 10 heavy (non-hydrogen) atoms. The zero-order chi connectivity index (χ0) is 7.23. The highest BCUT2D eigenvalue weighted by Crippen LogP contribution is 1.94. The Labute approximate surface area is 68.4 Å². The molecule has 0 saturated carbocycles. The average Bonchev–Trinajstić information content (AvgIpc) is 2.03. The molecule has 0 atom stereocenters. The first kappa shape index (κ1) is 8.37. The lowest BCUT2D eigenvalue weighted by molar-refractivity contribution is 0.242. The van der Waals surface area contributed by atoms with Crippen LogP contribution in [-0.2, 0) is 0 Å². The normalized spacial score (nSPS) is 21.3. The summed E-state index contributed by atoms with van der Waals surface area (Å²) < 4.78 is 0. The molecule has 59 valence electrons. The standard InChI is InChI=1S/C7H15N2S/c10-7-1-4-9-5-2-8-3-6-9/h8H,1-7H2. The van der Waals surface area contributed by atoms with Crippen molar-refractivity contribution in [2.45, 2.75) is 6.42 Å². The number of nitrogens with one attached hydrogen (secondary N) is 1. The van der Waals surface area contributed by atoms with Gasteiger partial charge < -0.3 is 10.2 Å². The van der Waals surface area contributed by atoms with E-state index in [1.165, 1.54) is 26.1 Å². The lowest BCUT2D eigenvalue weighted by Gasteiger charge is -2.26. The van der Waals surface area contributed by atoms with Gasteiger partial charge in [-0.05, 0) is 13.0 Å². The Morgan fingerprint density at radius 2 is 2.00 bits per heavy atom. The van der Waals surface area contributed by atoms with Crippen LogP contribution in [0.2, 0.25) is 0 Å². The maximum absolute atomic E-state index is 4.88. The third kappa shape index (κ3) is 2.90. The maximum atomic E-state index is 4.88. The van der Waals surface area contributed by atoms with Crippen LogP contribution in [0.1, 0.15) is 6.42 Å². The van der Waals surface area contributed by atoms with E-state index in [-0.39, 0.29) is 0 Å². The van der Waals surface area contributed by atoms with Gasteiger partial charge in [0.25, 0.3) is 0 Å². The van der Waals surface area contributed by atoms with Gasteiger partial charge in [-0.3, -0.25) is 0 Å². The fourth-order valence-electron chi connectivity index (χ4n) is 1.22. The van der Waals surface area contributed by atoms with E-state index in [4.69, 9.17) is 12.6 Å². The van der Waals surface area contributed by atoms with Gasteiger partial charge in [0.15, 0.2) is 0 Å². The largest absolute Gasteiger partial charge is 0.314 e. The van der Waals surface area contributed by atoms with E-state index in [0.29, 0.717) is 0 Å². The van der Waals surface area contributed by atoms with Crippen molar-refractivity contribution in [3.8, 4) is 0 Å². The van der Waals surface area contributed by atoms with Gasteiger partial charge in [0.2, 0.25) is 0 Å². The molecule has 1 saturated heterocycles. The van der Waals surface area contributed by atoms with Crippen molar-refractivity contribution in [3.05, 3.63) is 0 Å². The van der Waals surface area contributed by atoms with Crippen molar-refractivity contribution in [1.82, 2.24) is 10.2 Å². The molecule has 1 aliphatic rings. The van der Waals surface area contributed by atoms with Crippen LogP contribution in [0.25, 0.3) is 0 Å². The molecule has 0 aromatic rings. The van der Waals surface area contributed by atoms with Crippen LogP contribution in [0.15, 0.2) is 0 Å². The fourth-order valence-corrected chi connectivity index (χ4v) is 1.35. The van der Waals surface area contributed by atoms with E-state index in [9.17, 15) is 0 Å². The molecule has 0 amide bonds. The van der Waals surface area contributed by atoms with Crippen LogP contribution in [-0.4, -0.2) is 43.4 Å². The number of hydrogen-bond acceptors (Lipinski definition) is 2. The van der Waals surface area contributed by atoms with E-state index in [2.05, 4.69) is 10.2 Å². The minimum absolute atomic E-state index is 0.907. The van der Waals surface area contributed by atoms with Crippen LogP contribution < -0.4 is 5.32 Å². The Kier molecular flexibility index (Phi) is 4.18. The second kappa shape index (κ2) is 4.99. The van der Waals surface area contributed by atoms with Crippen molar-refractivity contribution in [2.75, 3.05) is 38.5 Å². The molecule has 3 heteroatoms. The Morgan fingerprint density at radius 1 is 1.30 bits per heavy atom. The van der Waals surface area contributed by atoms with Gasteiger partial charge >= 0.3 is 0 Å².